The predicted octanol–water partition coefficient (Wildman–Crippen LogP) is 1.68. The monoisotopic (exact) mass is 109 g/mol. The van der Waals surface area contributed by atoms with Crippen LogP contribution in [0.3, 0.4) is 0 Å². The molecular formula is C6H5S. The largest absolute Gasteiger partial charge is 0.0846 e. The molecule has 0 N–H and O–H groups in total. The van der Waals surface area contributed by atoms with Crippen LogP contribution in [-0.4, -0.2) is 4.86 Å². The van der Waals surface area contributed by atoms with E-state index in [9.17, 15) is 0 Å². The Kier molecular flexibility index (Phi) is 1.37. The van der Waals surface area contributed by atoms with Gasteiger partial charge in [-0.25, -0.2) is 0 Å². The molecule has 0 aromatic rings. The Morgan fingerprint density at radius 1 is 1.71 bits per heavy atom. The molecule has 0 aromatic carbocycles. The zero-order valence-electron chi connectivity index (χ0n) is 3.85. The first-order chi connectivity index (χ1) is 3.39. The molecular weight excluding hydrogens is 104 g/mol. The standard InChI is InChI=1S/C6H5S/c7-6-4-2-1-3-5-6/h1-2,4H,5H2. The van der Waals surface area contributed by atoms with Crippen LogP contribution in [0.2, 0.25) is 0 Å². The van der Waals surface area contributed by atoms with Crippen molar-refractivity contribution in [2.45, 2.75) is 6.42 Å². The Bertz CT molecular complexity index is 131. The van der Waals surface area contributed by atoms with Gasteiger partial charge in [0.25, 0.3) is 0 Å². The van der Waals surface area contributed by atoms with Crippen LogP contribution in [-0.2, 0) is 0 Å². The molecule has 7 heavy (non-hydrogen) atoms. The molecule has 0 nitrogen and oxygen atoms in total. The molecule has 0 atom stereocenters. The molecule has 0 bridgehead atoms. The third kappa shape index (κ3) is 1.24. The van der Waals surface area contributed by atoms with Crippen LogP contribution in [0.4, 0.5) is 0 Å². The maximum absolute atomic E-state index is 4.84. The second-order valence-electron chi connectivity index (χ2n) is 1.37. The number of hydrogen-bond acceptors (Lipinski definition) is 1. The van der Waals surface area contributed by atoms with Crippen LogP contribution in [0.1, 0.15) is 6.42 Å². The van der Waals surface area contributed by atoms with Gasteiger partial charge in [-0.2, -0.15) is 0 Å². The van der Waals surface area contributed by atoms with E-state index in [2.05, 4.69) is 6.08 Å². The van der Waals surface area contributed by atoms with Gasteiger partial charge in [-0.1, -0.05) is 24.4 Å². The first-order valence-electron chi connectivity index (χ1n) is 2.16. The highest BCUT2D eigenvalue weighted by molar-refractivity contribution is 7.80. The summed E-state index contributed by atoms with van der Waals surface area (Å²) in [6.45, 7) is 0. The number of hydrogen-bond donors (Lipinski definition) is 0. The fourth-order valence-corrected chi connectivity index (χ4v) is 0.604. The van der Waals surface area contributed by atoms with E-state index in [0.29, 0.717) is 0 Å². The third-order valence-corrected chi connectivity index (χ3v) is 1.05. The van der Waals surface area contributed by atoms with Gasteiger partial charge >= 0.3 is 0 Å². The van der Waals surface area contributed by atoms with Crippen LogP contribution < -0.4 is 0 Å². The Morgan fingerprint density at radius 3 is 2.86 bits per heavy atom. The summed E-state index contributed by atoms with van der Waals surface area (Å²) < 4.78 is 0. The Balaban J connectivity index is 2.66. The minimum absolute atomic E-state index is 0.825. The van der Waals surface area contributed by atoms with E-state index in [1.165, 1.54) is 0 Å². The van der Waals surface area contributed by atoms with E-state index < -0.39 is 0 Å². The normalized spacial score (nSPS) is 18.0. The lowest BCUT2D eigenvalue weighted by Gasteiger charge is -1.91. The molecule has 1 rings (SSSR count). The summed E-state index contributed by atoms with van der Waals surface area (Å²) in [6, 6.07) is 0. The van der Waals surface area contributed by atoms with Crippen molar-refractivity contribution in [3.05, 3.63) is 24.3 Å². The van der Waals surface area contributed by atoms with Gasteiger partial charge in [-0.3, -0.25) is 0 Å². The molecule has 0 unspecified atom stereocenters. The second kappa shape index (κ2) is 2.03. The molecule has 0 amide bonds. The number of allylic oxidation sites excluding steroid dienone is 4. The lowest BCUT2D eigenvalue weighted by Crippen LogP contribution is -1.87. The molecule has 35 valence electrons. The maximum Gasteiger partial charge on any atom is 0.0196 e. The minimum Gasteiger partial charge on any atom is -0.0846 e. The average Bonchev–Trinajstić information content (AvgIpc) is 1.69. The fourth-order valence-electron chi connectivity index (χ4n) is 0.442. The Hall–Kier alpha value is -0.430. The van der Waals surface area contributed by atoms with E-state index in [1.807, 2.05) is 18.2 Å². The van der Waals surface area contributed by atoms with Gasteiger partial charge in [-0.05, 0) is 12.2 Å². The first-order valence-corrected chi connectivity index (χ1v) is 2.56. The highest BCUT2D eigenvalue weighted by Gasteiger charge is 1.88. The molecule has 0 saturated heterocycles. The highest BCUT2D eigenvalue weighted by atomic mass is 32.1. The zero-order valence-corrected chi connectivity index (χ0v) is 4.66. The van der Waals surface area contributed by atoms with Crippen LogP contribution in [0.5, 0.6) is 0 Å². The maximum atomic E-state index is 4.84. The molecule has 1 aliphatic carbocycles. The van der Waals surface area contributed by atoms with Gasteiger partial charge in [-0.15, -0.1) is 0 Å². The fraction of sp³-hybridized carbons (Fsp3) is 0.167. The lowest BCUT2D eigenvalue weighted by molar-refractivity contribution is 1.44. The van der Waals surface area contributed by atoms with Crippen LogP contribution in [0.15, 0.2) is 18.2 Å². The molecule has 1 heteroatoms. The Labute approximate surface area is 48.5 Å². The number of rotatable bonds is 0. The van der Waals surface area contributed by atoms with Gasteiger partial charge in [0.1, 0.15) is 0 Å². The summed E-state index contributed by atoms with van der Waals surface area (Å²) in [7, 11) is 0. The summed E-state index contributed by atoms with van der Waals surface area (Å²) in [5, 5.41) is 0. The molecule has 0 saturated carbocycles. The zero-order chi connectivity index (χ0) is 5.11. The lowest BCUT2D eigenvalue weighted by atomic mass is 10.2. The van der Waals surface area contributed by atoms with Gasteiger partial charge in [0.15, 0.2) is 0 Å². The smallest absolute Gasteiger partial charge is 0.0196 e. The van der Waals surface area contributed by atoms with Crippen molar-refractivity contribution < 1.29 is 0 Å². The molecule has 0 fully saturated rings. The average molecular weight is 109 g/mol. The topological polar surface area (TPSA) is 0 Å². The summed E-state index contributed by atoms with van der Waals surface area (Å²) in [5.74, 6) is 0. The van der Waals surface area contributed by atoms with Crippen molar-refractivity contribution in [3.63, 3.8) is 0 Å². The van der Waals surface area contributed by atoms with Gasteiger partial charge in [0.2, 0.25) is 0 Å². The Morgan fingerprint density at radius 2 is 2.57 bits per heavy atom. The van der Waals surface area contributed by atoms with E-state index in [0.717, 1.165) is 11.3 Å². The highest BCUT2D eigenvalue weighted by Crippen LogP contribution is 1.96. The summed E-state index contributed by atoms with van der Waals surface area (Å²) in [4.78, 5) is 0.975. The summed E-state index contributed by atoms with van der Waals surface area (Å²) in [5.41, 5.74) is 0. The molecule has 1 aliphatic rings. The van der Waals surface area contributed by atoms with Crippen LogP contribution in [0.25, 0.3) is 0 Å². The minimum atomic E-state index is 0.825. The van der Waals surface area contributed by atoms with Crippen molar-refractivity contribution in [3.8, 4) is 0 Å². The van der Waals surface area contributed by atoms with Gasteiger partial charge in [0, 0.05) is 11.3 Å². The summed E-state index contributed by atoms with van der Waals surface area (Å²) >= 11 is 4.84. The molecule has 0 heterocycles. The molecule has 0 aliphatic heterocycles. The van der Waals surface area contributed by atoms with Crippen LogP contribution >= 0.6 is 12.2 Å². The quantitative estimate of drug-likeness (QED) is 0.426. The second-order valence-corrected chi connectivity index (χ2v) is 1.90. The van der Waals surface area contributed by atoms with Gasteiger partial charge < -0.3 is 0 Å². The van der Waals surface area contributed by atoms with Crippen molar-refractivity contribution in [2.75, 3.05) is 0 Å². The molecule has 0 spiro atoms. The van der Waals surface area contributed by atoms with E-state index >= 15 is 0 Å². The predicted molar refractivity (Wildman–Crippen MR) is 34.2 cm³/mol. The number of thiocarbonyl (C=S) groups is 1. The summed E-state index contributed by atoms with van der Waals surface area (Å²) in [6.07, 6.45) is 9.52. The SMILES string of the molecule is S=C1C=CC=[C]C1. The van der Waals surface area contributed by atoms with E-state index in [-0.39, 0.29) is 0 Å². The van der Waals surface area contributed by atoms with Gasteiger partial charge in [0.05, 0.1) is 0 Å². The third-order valence-electron chi connectivity index (χ3n) is 0.772. The van der Waals surface area contributed by atoms with Crippen molar-refractivity contribution in [1.82, 2.24) is 0 Å². The molecule has 1 radical (unpaired) electrons. The first kappa shape index (κ1) is 4.72. The van der Waals surface area contributed by atoms with Crippen LogP contribution in [0, 0.1) is 6.08 Å². The van der Waals surface area contributed by atoms with E-state index in [1.54, 1.807) is 0 Å². The molecule has 0 aromatic heterocycles. The van der Waals surface area contributed by atoms with Crippen molar-refractivity contribution in [2.24, 2.45) is 0 Å². The van der Waals surface area contributed by atoms with E-state index in [4.69, 9.17) is 12.2 Å². The van der Waals surface area contributed by atoms with Crippen molar-refractivity contribution >= 4 is 17.1 Å². The van der Waals surface area contributed by atoms with Crippen molar-refractivity contribution in [1.29, 1.82) is 0 Å².